The standard InChI is InChI=1S/C25H29N3O7/c1-25(2,3)35-24(30)28-18(13-22(29)33-6)15-7-9-16(10-8-15)34-23-17-11-20(31-4)21(32-5)12-19(17)26-14-27-23/h7-12,14,18H,13H2,1-6H3,(H,28,30)/t18-/m1/s1. The number of fused-ring (bicyclic) bond motifs is 1. The minimum absolute atomic E-state index is 0.0614. The Balaban J connectivity index is 1.84. The molecule has 2 aromatic carbocycles. The third kappa shape index (κ3) is 6.72. The average Bonchev–Trinajstić information content (AvgIpc) is 2.82. The average molecular weight is 484 g/mol. The lowest BCUT2D eigenvalue weighted by Crippen LogP contribution is -2.35. The number of rotatable bonds is 8. The maximum absolute atomic E-state index is 12.3. The van der Waals surface area contributed by atoms with Gasteiger partial charge in [0.2, 0.25) is 5.88 Å². The van der Waals surface area contributed by atoms with Crippen molar-refractivity contribution in [3.8, 4) is 23.1 Å². The third-order valence-electron chi connectivity index (χ3n) is 4.89. The van der Waals surface area contributed by atoms with Crippen LogP contribution in [0.3, 0.4) is 0 Å². The molecule has 1 N–H and O–H groups in total. The maximum Gasteiger partial charge on any atom is 0.408 e. The first kappa shape index (κ1) is 25.5. The monoisotopic (exact) mass is 483 g/mol. The molecule has 186 valence electrons. The molecule has 10 nitrogen and oxygen atoms in total. The van der Waals surface area contributed by atoms with Crippen LogP contribution in [0.25, 0.3) is 10.9 Å². The Labute approximate surface area is 203 Å². The highest BCUT2D eigenvalue weighted by molar-refractivity contribution is 5.87. The molecule has 0 saturated carbocycles. The lowest BCUT2D eigenvalue weighted by atomic mass is 10.0. The molecule has 10 heteroatoms. The Bertz CT molecular complexity index is 1190. The van der Waals surface area contributed by atoms with Crippen LogP contribution < -0.4 is 19.5 Å². The van der Waals surface area contributed by atoms with Gasteiger partial charge in [0.05, 0.1) is 44.7 Å². The van der Waals surface area contributed by atoms with Crippen molar-refractivity contribution in [2.24, 2.45) is 0 Å². The van der Waals surface area contributed by atoms with E-state index in [4.69, 9.17) is 23.7 Å². The number of alkyl carbamates (subject to hydrolysis) is 1. The summed E-state index contributed by atoms with van der Waals surface area (Å²) < 4.78 is 26.8. The molecule has 3 rings (SSSR count). The number of esters is 1. The summed E-state index contributed by atoms with van der Waals surface area (Å²) in [7, 11) is 4.39. The zero-order chi connectivity index (χ0) is 25.6. The van der Waals surface area contributed by atoms with Crippen molar-refractivity contribution in [3.05, 3.63) is 48.3 Å². The molecule has 0 aliphatic carbocycles. The van der Waals surface area contributed by atoms with Gasteiger partial charge in [0.25, 0.3) is 0 Å². The van der Waals surface area contributed by atoms with E-state index in [1.165, 1.54) is 13.4 Å². The highest BCUT2D eigenvalue weighted by Crippen LogP contribution is 2.36. The summed E-state index contributed by atoms with van der Waals surface area (Å²) in [5.74, 6) is 1.43. The second-order valence-electron chi connectivity index (χ2n) is 8.55. The molecule has 0 aliphatic heterocycles. The smallest absolute Gasteiger partial charge is 0.408 e. The molecule has 1 aromatic heterocycles. The van der Waals surface area contributed by atoms with Crippen LogP contribution in [0.2, 0.25) is 0 Å². The minimum Gasteiger partial charge on any atom is -0.493 e. The molecule has 0 spiro atoms. The zero-order valence-electron chi connectivity index (χ0n) is 20.6. The minimum atomic E-state index is -0.676. The first-order valence-corrected chi connectivity index (χ1v) is 10.8. The number of methoxy groups -OCH3 is 3. The number of ether oxygens (including phenoxy) is 5. The second kappa shape index (κ2) is 10.9. The van der Waals surface area contributed by atoms with Crippen LogP contribution in [0.4, 0.5) is 4.79 Å². The summed E-state index contributed by atoms with van der Waals surface area (Å²) in [4.78, 5) is 32.7. The fraction of sp³-hybridized carbons (Fsp3) is 0.360. The van der Waals surface area contributed by atoms with Crippen molar-refractivity contribution >= 4 is 23.0 Å². The summed E-state index contributed by atoms with van der Waals surface area (Å²) in [6.07, 6.45) is 0.701. The third-order valence-corrected chi connectivity index (χ3v) is 4.89. The molecule has 0 radical (unpaired) electrons. The van der Waals surface area contributed by atoms with E-state index in [9.17, 15) is 9.59 Å². The number of amides is 1. The molecule has 1 amide bonds. The van der Waals surface area contributed by atoms with Crippen LogP contribution in [0.5, 0.6) is 23.1 Å². The number of benzene rings is 2. The van der Waals surface area contributed by atoms with Gasteiger partial charge < -0.3 is 29.0 Å². The first-order chi connectivity index (χ1) is 16.6. The zero-order valence-corrected chi connectivity index (χ0v) is 20.6. The molecule has 0 aliphatic rings. The molecule has 3 aromatic rings. The summed E-state index contributed by atoms with van der Waals surface area (Å²) in [5.41, 5.74) is 0.626. The predicted octanol–water partition coefficient (Wildman–Crippen LogP) is 4.57. The van der Waals surface area contributed by atoms with E-state index >= 15 is 0 Å². The lowest BCUT2D eigenvalue weighted by molar-refractivity contribution is -0.141. The van der Waals surface area contributed by atoms with Gasteiger partial charge in [-0.25, -0.2) is 14.8 Å². The van der Waals surface area contributed by atoms with Crippen molar-refractivity contribution in [1.82, 2.24) is 15.3 Å². The van der Waals surface area contributed by atoms with Crippen molar-refractivity contribution in [3.63, 3.8) is 0 Å². The largest absolute Gasteiger partial charge is 0.493 e. The van der Waals surface area contributed by atoms with Gasteiger partial charge in [0.1, 0.15) is 17.7 Å². The van der Waals surface area contributed by atoms with E-state index in [0.29, 0.717) is 39.6 Å². The van der Waals surface area contributed by atoms with Crippen LogP contribution in [0.15, 0.2) is 42.7 Å². The molecule has 1 atom stereocenters. The van der Waals surface area contributed by atoms with Crippen LogP contribution in [0.1, 0.15) is 38.8 Å². The van der Waals surface area contributed by atoms with Gasteiger partial charge >= 0.3 is 12.1 Å². The predicted molar refractivity (Wildman–Crippen MR) is 128 cm³/mol. The highest BCUT2D eigenvalue weighted by Gasteiger charge is 2.23. The maximum atomic E-state index is 12.3. The second-order valence-corrected chi connectivity index (χ2v) is 8.55. The molecule has 0 bridgehead atoms. The SMILES string of the molecule is COC(=O)C[C@@H](NC(=O)OC(C)(C)C)c1ccc(Oc2ncnc3cc(OC)c(OC)cc23)cc1. The van der Waals surface area contributed by atoms with Gasteiger partial charge in [0, 0.05) is 6.07 Å². The van der Waals surface area contributed by atoms with Gasteiger partial charge in [-0.05, 0) is 44.5 Å². The summed E-state index contributed by atoms with van der Waals surface area (Å²) in [5, 5.41) is 3.37. The first-order valence-electron chi connectivity index (χ1n) is 10.8. The fourth-order valence-corrected chi connectivity index (χ4v) is 3.27. The molecular formula is C25H29N3O7. The lowest BCUT2D eigenvalue weighted by Gasteiger charge is -2.23. The Morgan fingerprint density at radius 1 is 0.971 bits per heavy atom. The number of carbonyl (C=O) groups excluding carboxylic acids is 2. The van der Waals surface area contributed by atoms with E-state index in [0.717, 1.165) is 0 Å². The summed E-state index contributed by atoms with van der Waals surface area (Å²) >= 11 is 0. The van der Waals surface area contributed by atoms with Crippen molar-refractivity contribution < 1.29 is 33.3 Å². The Morgan fingerprint density at radius 2 is 1.63 bits per heavy atom. The van der Waals surface area contributed by atoms with Gasteiger partial charge in [-0.15, -0.1) is 0 Å². The van der Waals surface area contributed by atoms with Crippen molar-refractivity contribution in [1.29, 1.82) is 0 Å². The Kier molecular flexibility index (Phi) is 7.95. The van der Waals surface area contributed by atoms with Gasteiger partial charge in [-0.1, -0.05) is 12.1 Å². The number of nitrogens with one attached hydrogen (secondary N) is 1. The molecule has 0 unspecified atom stereocenters. The van der Waals surface area contributed by atoms with E-state index < -0.39 is 23.7 Å². The Morgan fingerprint density at radius 3 is 2.23 bits per heavy atom. The summed E-state index contributed by atoms with van der Waals surface area (Å²) in [6, 6.07) is 9.75. The van der Waals surface area contributed by atoms with E-state index in [1.807, 2.05) is 0 Å². The number of aromatic nitrogens is 2. The fourth-order valence-electron chi connectivity index (χ4n) is 3.27. The Hall–Kier alpha value is -4.08. The molecule has 35 heavy (non-hydrogen) atoms. The summed E-state index contributed by atoms with van der Waals surface area (Å²) in [6.45, 7) is 5.28. The number of nitrogens with zero attached hydrogens (tertiary/aromatic N) is 2. The molecular weight excluding hydrogens is 454 g/mol. The van der Waals surface area contributed by atoms with Crippen LogP contribution in [0, 0.1) is 0 Å². The van der Waals surface area contributed by atoms with Crippen LogP contribution >= 0.6 is 0 Å². The van der Waals surface area contributed by atoms with Crippen molar-refractivity contribution in [2.45, 2.75) is 38.8 Å². The molecule has 0 saturated heterocycles. The number of carbonyl (C=O) groups is 2. The highest BCUT2D eigenvalue weighted by atomic mass is 16.6. The van der Waals surface area contributed by atoms with E-state index in [1.54, 1.807) is 71.4 Å². The number of hydrogen-bond acceptors (Lipinski definition) is 9. The number of hydrogen-bond donors (Lipinski definition) is 1. The van der Waals surface area contributed by atoms with Crippen LogP contribution in [-0.2, 0) is 14.3 Å². The molecule has 0 fully saturated rings. The van der Waals surface area contributed by atoms with E-state index in [2.05, 4.69) is 15.3 Å². The van der Waals surface area contributed by atoms with Crippen molar-refractivity contribution in [2.75, 3.05) is 21.3 Å². The normalized spacial score (nSPS) is 11.9. The quantitative estimate of drug-likeness (QED) is 0.460. The van der Waals surface area contributed by atoms with Crippen LogP contribution in [-0.4, -0.2) is 49.0 Å². The van der Waals surface area contributed by atoms with Gasteiger partial charge in [-0.3, -0.25) is 4.79 Å². The van der Waals surface area contributed by atoms with E-state index in [-0.39, 0.29) is 6.42 Å². The topological polar surface area (TPSA) is 118 Å². The van der Waals surface area contributed by atoms with Gasteiger partial charge in [0.15, 0.2) is 11.5 Å². The van der Waals surface area contributed by atoms with Gasteiger partial charge in [-0.2, -0.15) is 0 Å². The molecule has 1 heterocycles.